The summed E-state index contributed by atoms with van der Waals surface area (Å²) in [5.41, 5.74) is 1.42. The number of carbonyl (C=O) groups is 3. The van der Waals surface area contributed by atoms with Crippen LogP contribution in [0.15, 0.2) is 24.3 Å². The van der Waals surface area contributed by atoms with Gasteiger partial charge in [0, 0.05) is 5.56 Å². The number of benzene rings is 1. The Kier molecular flexibility index (Phi) is 6.70. The molecule has 3 N–H and O–H groups in total. The number of aliphatic hydroxyl groups is 1. The van der Waals surface area contributed by atoms with E-state index in [1.54, 1.807) is 12.1 Å². The number of hydrogen-bond acceptors (Lipinski definition) is 5. The summed E-state index contributed by atoms with van der Waals surface area (Å²) in [6, 6.07) is 4.51. The highest BCUT2D eigenvalue weighted by Crippen LogP contribution is 2.22. The molecule has 138 valence electrons. The number of hydrogen-bond donors (Lipinski definition) is 3. The molecular formula is C18H25N2O5-. The average Bonchev–Trinajstić information content (AvgIpc) is 2.50. The van der Waals surface area contributed by atoms with Gasteiger partial charge in [0.2, 0.25) is 5.91 Å². The summed E-state index contributed by atoms with van der Waals surface area (Å²) in [6.07, 6.45) is -1.32. The first-order chi connectivity index (χ1) is 11.4. The Morgan fingerprint density at radius 1 is 1.04 bits per heavy atom. The molecule has 3 atom stereocenters. The van der Waals surface area contributed by atoms with Crippen molar-refractivity contribution in [3.8, 4) is 0 Å². The van der Waals surface area contributed by atoms with Gasteiger partial charge in [0.15, 0.2) is 0 Å². The molecule has 1 aromatic carbocycles. The van der Waals surface area contributed by atoms with Crippen LogP contribution in [0.1, 0.15) is 50.5 Å². The maximum absolute atomic E-state index is 12.2. The molecule has 1 rings (SSSR count). The third kappa shape index (κ3) is 5.86. The lowest BCUT2D eigenvalue weighted by Crippen LogP contribution is -2.57. The molecule has 0 bridgehead atoms. The van der Waals surface area contributed by atoms with Crippen molar-refractivity contribution in [2.75, 3.05) is 0 Å². The van der Waals surface area contributed by atoms with Gasteiger partial charge in [-0.15, -0.1) is 0 Å². The van der Waals surface area contributed by atoms with Gasteiger partial charge >= 0.3 is 0 Å². The highest BCUT2D eigenvalue weighted by Gasteiger charge is 2.23. The van der Waals surface area contributed by atoms with Crippen LogP contribution in [0.4, 0.5) is 0 Å². The van der Waals surface area contributed by atoms with E-state index in [2.05, 4.69) is 31.4 Å². The number of aliphatic carboxylic acids is 1. The van der Waals surface area contributed by atoms with E-state index in [-0.39, 0.29) is 5.41 Å². The summed E-state index contributed by atoms with van der Waals surface area (Å²) < 4.78 is 0. The van der Waals surface area contributed by atoms with Gasteiger partial charge in [-0.2, -0.15) is 0 Å². The number of rotatable bonds is 6. The Morgan fingerprint density at radius 3 is 1.96 bits per heavy atom. The molecular weight excluding hydrogens is 324 g/mol. The Labute approximate surface area is 147 Å². The lowest BCUT2D eigenvalue weighted by Gasteiger charge is -2.24. The van der Waals surface area contributed by atoms with Crippen LogP contribution in [0, 0.1) is 0 Å². The number of carbonyl (C=O) groups excluding carboxylic acids is 3. The lowest BCUT2D eigenvalue weighted by atomic mass is 9.86. The predicted octanol–water partition coefficient (Wildman–Crippen LogP) is -0.282. The molecule has 0 aliphatic heterocycles. The molecule has 0 spiro atoms. The molecule has 0 fully saturated rings. The van der Waals surface area contributed by atoms with Crippen LogP contribution in [0.2, 0.25) is 0 Å². The van der Waals surface area contributed by atoms with E-state index in [4.69, 9.17) is 0 Å². The second-order valence-electron chi connectivity index (χ2n) is 7.07. The predicted molar refractivity (Wildman–Crippen MR) is 90.7 cm³/mol. The van der Waals surface area contributed by atoms with Gasteiger partial charge in [-0.25, -0.2) is 0 Å². The minimum atomic E-state index is -1.60. The Balaban J connectivity index is 2.72. The first kappa shape index (κ1) is 20.6. The fraction of sp³-hybridized carbons (Fsp3) is 0.500. The Bertz CT molecular complexity index is 632. The molecule has 0 heterocycles. The van der Waals surface area contributed by atoms with Gasteiger partial charge in [0.1, 0.15) is 6.04 Å². The van der Waals surface area contributed by atoms with Crippen molar-refractivity contribution in [3.63, 3.8) is 0 Å². The number of carboxylic acid groups (broad SMARTS) is 1. The van der Waals surface area contributed by atoms with Gasteiger partial charge in [-0.3, -0.25) is 9.59 Å². The normalized spacial score (nSPS) is 15.0. The van der Waals surface area contributed by atoms with Crippen LogP contribution in [0.5, 0.6) is 0 Å². The van der Waals surface area contributed by atoms with Gasteiger partial charge in [0.25, 0.3) is 5.91 Å². The molecule has 7 heteroatoms. The van der Waals surface area contributed by atoms with Crippen molar-refractivity contribution in [1.29, 1.82) is 0 Å². The van der Waals surface area contributed by atoms with Gasteiger partial charge in [-0.05, 0) is 37.0 Å². The molecule has 0 aromatic heterocycles. The van der Waals surface area contributed by atoms with E-state index >= 15 is 0 Å². The van der Waals surface area contributed by atoms with Crippen molar-refractivity contribution in [2.24, 2.45) is 0 Å². The fourth-order valence-corrected chi connectivity index (χ4v) is 2.12. The quantitative estimate of drug-likeness (QED) is 0.653. The summed E-state index contributed by atoms with van der Waals surface area (Å²) in [4.78, 5) is 35.1. The highest BCUT2D eigenvalue weighted by atomic mass is 16.4. The van der Waals surface area contributed by atoms with Crippen molar-refractivity contribution in [1.82, 2.24) is 10.6 Å². The third-order valence-electron chi connectivity index (χ3n) is 3.79. The molecule has 2 amide bonds. The van der Waals surface area contributed by atoms with E-state index in [1.807, 2.05) is 12.1 Å². The molecule has 0 saturated heterocycles. The van der Waals surface area contributed by atoms with Crippen LogP contribution in [-0.4, -0.2) is 41.1 Å². The molecule has 0 aliphatic rings. The fourth-order valence-electron chi connectivity index (χ4n) is 2.12. The Morgan fingerprint density at radius 2 is 1.56 bits per heavy atom. The lowest BCUT2D eigenvalue weighted by molar-refractivity contribution is -0.310. The largest absolute Gasteiger partial charge is 0.548 e. The summed E-state index contributed by atoms with van der Waals surface area (Å²) in [5, 5.41) is 24.9. The minimum Gasteiger partial charge on any atom is -0.548 e. The molecule has 25 heavy (non-hydrogen) atoms. The van der Waals surface area contributed by atoms with Crippen molar-refractivity contribution in [3.05, 3.63) is 35.4 Å². The zero-order valence-corrected chi connectivity index (χ0v) is 15.1. The second-order valence-corrected chi connectivity index (χ2v) is 7.07. The van der Waals surface area contributed by atoms with E-state index in [9.17, 15) is 24.6 Å². The van der Waals surface area contributed by atoms with E-state index in [0.29, 0.717) is 5.56 Å². The molecule has 0 saturated carbocycles. The molecule has 0 aliphatic carbocycles. The summed E-state index contributed by atoms with van der Waals surface area (Å²) in [7, 11) is 0. The van der Waals surface area contributed by atoms with E-state index in [0.717, 1.165) is 5.56 Å². The van der Waals surface area contributed by atoms with Crippen molar-refractivity contribution < 1.29 is 24.6 Å². The first-order valence-corrected chi connectivity index (χ1v) is 8.04. The Hall–Kier alpha value is -2.41. The summed E-state index contributed by atoms with van der Waals surface area (Å²) >= 11 is 0. The maximum atomic E-state index is 12.2. The molecule has 0 unspecified atom stereocenters. The average molecular weight is 349 g/mol. The molecule has 7 nitrogen and oxygen atoms in total. The minimum absolute atomic E-state index is 0.0386. The molecule has 0 radical (unpaired) electrons. The monoisotopic (exact) mass is 349 g/mol. The maximum Gasteiger partial charge on any atom is 0.251 e. The number of amides is 2. The van der Waals surface area contributed by atoms with Crippen LogP contribution in [-0.2, 0) is 15.0 Å². The van der Waals surface area contributed by atoms with Crippen LogP contribution < -0.4 is 15.7 Å². The number of carboxylic acids is 1. The smallest absolute Gasteiger partial charge is 0.251 e. The van der Waals surface area contributed by atoms with Crippen molar-refractivity contribution in [2.45, 2.75) is 58.2 Å². The zero-order valence-electron chi connectivity index (χ0n) is 15.1. The highest BCUT2D eigenvalue weighted by molar-refractivity contribution is 5.98. The van der Waals surface area contributed by atoms with E-state index in [1.165, 1.54) is 13.8 Å². The van der Waals surface area contributed by atoms with E-state index < -0.39 is 36.0 Å². The van der Waals surface area contributed by atoms with Gasteiger partial charge < -0.3 is 25.6 Å². The SMILES string of the molecule is C[C@H](NC(=O)c1ccc(C(C)(C)C)cc1)C(=O)N[C@H](C(=O)[O-])[C@@H](C)O. The third-order valence-corrected chi connectivity index (χ3v) is 3.79. The summed E-state index contributed by atoms with van der Waals surface area (Å²) in [6.45, 7) is 8.82. The standard InChI is InChI=1S/C18H26N2O5/c1-10(15(22)20-14(11(2)21)17(24)25)19-16(23)12-6-8-13(9-7-12)18(3,4)5/h6-11,14,21H,1-5H3,(H,19,23)(H,20,22)(H,24,25)/p-1/t10-,11+,14-/m0/s1. The zero-order chi connectivity index (χ0) is 19.4. The number of nitrogens with one attached hydrogen (secondary N) is 2. The first-order valence-electron chi connectivity index (χ1n) is 8.04. The summed E-state index contributed by atoms with van der Waals surface area (Å²) in [5.74, 6) is -2.78. The van der Waals surface area contributed by atoms with Crippen LogP contribution in [0.25, 0.3) is 0 Å². The number of aliphatic hydroxyl groups excluding tert-OH is 1. The topological polar surface area (TPSA) is 119 Å². The second kappa shape index (κ2) is 8.11. The van der Waals surface area contributed by atoms with Gasteiger partial charge in [-0.1, -0.05) is 32.9 Å². The van der Waals surface area contributed by atoms with Crippen molar-refractivity contribution >= 4 is 17.8 Å². The van der Waals surface area contributed by atoms with Crippen LogP contribution in [0.3, 0.4) is 0 Å². The molecule has 1 aromatic rings. The van der Waals surface area contributed by atoms with Gasteiger partial charge in [0.05, 0.1) is 18.1 Å². The van der Waals surface area contributed by atoms with Crippen LogP contribution >= 0.6 is 0 Å².